The molecule has 1 atom stereocenters. The van der Waals surface area contributed by atoms with Crippen LogP contribution in [0.5, 0.6) is 0 Å². The SMILES string of the molecule is CC(NC(=O)c1cn(C)nn1)c1nnc(-c2ccccc2)s1. The molecule has 0 spiro atoms. The molecule has 0 saturated carbocycles. The van der Waals surface area contributed by atoms with Crippen LogP contribution >= 0.6 is 11.3 Å². The monoisotopic (exact) mass is 314 g/mol. The van der Waals surface area contributed by atoms with Gasteiger partial charge in [-0.15, -0.1) is 15.3 Å². The van der Waals surface area contributed by atoms with Crippen molar-refractivity contribution in [2.24, 2.45) is 7.05 Å². The average Bonchev–Trinajstić information content (AvgIpc) is 3.17. The van der Waals surface area contributed by atoms with Crippen molar-refractivity contribution in [2.75, 3.05) is 0 Å². The molecule has 0 fully saturated rings. The Morgan fingerprint density at radius 1 is 1.23 bits per heavy atom. The number of benzene rings is 1. The largest absolute Gasteiger partial charge is 0.342 e. The van der Waals surface area contributed by atoms with Crippen LogP contribution in [-0.4, -0.2) is 31.1 Å². The third-order valence-corrected chi connectivity index (χ3v) is 4.17. The summed E-state index contributed by atoms with van der Waals surface area (Å²) >= 11 is 1.46. The van der Waals surface area contributed by atoms with Gasteiger partial charge in [0.15, 0.2) is 5.69 Å². The molecule has 0 radical (unpaired) electrons. The standard InChI is InChI=1S/C14H14N6OS/c1-9(15-12(21)11-8-20(2)19-16-11)13-17-18-14(22-13)10-6-4-3-5-7-10/h3-9H,1-2H3,(H,15,21). The van der Waals surface area contributed by atoms with Gasteiger partial charge in [-0.25, -0.2) is 0 Å². The molecule has 1 aromatic carbocycles. The molecule has 7 nitrogen and oxygen atoms in total. The fourth-order valence-electron chi connectivity index (χ4n) is 1.89. The maximum Gasteiger partial charge on any atom is 0.274 e. The van der Waals surface area contributed by atoms with Crippen molar-refractivity contribution in [1.29, 1.82) is 0 Å². The van der Waals surface area contributed by atoms with Crippen molar-refractivity contribution in [3.05, 3.63) is 47.2 Å². The Morgan fingerprint density at radius 3 is 2.68 bits per heavy atom. The number of nitrogens with one attached hydrogen (secondary N) is 1. The molecule has 0 saturated heterocycles. The van der Waals surface area contributed by atoms with E-state index in [1.54, 1.807) is 13.2 Å². The Morgan fingerprint density at radius 2 is 2.00 bits per heavy atom. The lowest BCUT2D eigenvalue weighted by Crippen LogP contribution is -2.26. The minimum atomic E-state index is -0.280. The molecule has 112 valence electrons. The van der Waals surface area contributed by atoms with E-state index < -0.39 is 0 Å². The summed E-state index contributed by atoms with van der Waals surface area (Å²) in [5.41, 5.74) is 1.29. The van der Waals surface area contributed by atoms with Crippen LogP contribution in [0.4, 0.5) is 0 Å². The van der Waals surface area contributed by atoms with E-state index in [-0.39, 0.29) is 17.6 Å². The first-order valence-corrected chi connectivity index (χ1v) is 7.51. The van der Waals surface area contributed by atoms with Crippen LogP contribution in [0.1, 0.15) is 28.5 Å². The molecule has 22 heavy (non-hydrogen) atoms. The fourth-order valence-corrected chi connectivity index (χ4v) is 2.74. The van der Waals surface area contributed by atoms with Gasteiger partial charge in [0.2, 0.25) is 0 Å². The lowest BCUT2D eigenvalue weighted by Gasteiger charge is -2.08. The van der Waals surface area contributed by atoms with E-state index in [1.807, 2.05) is 37.3 Å². The molecule has 0 aliphatic rings. The summed E-state index contributed by atoms with van der Waals surface area (Å²) in [6.07, 6.45) is 1.57. The van der Waals surface area contributed by atoms with Crippen molar-refractivity contribution < 1.29 is 4.79 Å². The molecule has 0 aliphatic heterocycles. The van der Waals surface area contributed by atoms with Gasteiger partial charge in [-0.05, 0) is 6.92 Å². The van der Waals surface area contributed by atoms with Gasteiger partial charge in [-0.3, -0.25) is 9.48 Å². The van der Waals surface area contributed by atoms with Crippen LogP contribution < -0.4 is 5.32 Å². The first kappa shape index (κ1) is 14.3. The van der Waals surface area contributed by atoms with Gasteiger partial charge in [0.25, 0.3) is 5.91 Å². The van der Waals surface area contributed by atoms with Gasteiger partial charge in [-0.1, -0.05) is 46.9 Å². The van der Waals surface area contributed by atoms with E-state index in [0.29, 0.717) is 0 Å². The van der Waals surface area contributed by atoms with Gasteiger partial charge in [0.1, 0.15) is 10.0 Å². The van der Waals surface area contributed by atoms with Gasteiger partial charge < -0.3 is 5.32 Å². The van der Waals surface area contributed by atoms with Crippen LogP contribution in [0.2, 0.25) is 0 Å². The van der Waals surface area contributed by atoms with E-state index in [9.17, 15) is 4.79 Å². The molecule has 2 aromatic heterocycles. The number of nitrogens with zero attached hydrogens (tertiary/aromatic N) is 5. The summed E-state index contributed by atoms with van der Waals surface area (Å²) in [5, 5.41) is 20.3. The van der Waals surface area contributed by atoms with Crippen molar-refractivity contribution in [3.8, 4) is 10.6 Å². The Bertz CT molecular complexity index is 781. The number of aryl methyl sites for hydroxylation is 1. The molecule has 1 unspecified atom stereocenters. The molecule has 2 heterocycles. The zero-order valence-electron chi connectivity index (χ0n) is 12.1. The summed E-state index contributed by atoms with van der Waals surface area (Å²) in [5.74, 6) is -0.280. The lowest BCUT2D eigenvalue weighted by atomic mass is 10.2. The molecular weight excluding hydrogens is 300 g/mol. The molecule has 3 rings (SSSR count). The second kappa shape index (κ2) is 6.02. The molecular formula is C14H14N6OS. The van der Waals surface area contributed by atoms with Crippen LogP contribution in [0.25, 0.3) is 10.6 Å². The normalized spacial score (nSPS) is 12.1. The third-order valence-electron chi connectivity index (χ3n) is 3.01. The number of carbonyl (C=O) groups is 1. The van der Waals surface area contributed by atoms with Crippen molar-refractivity contribution in [1.82, 2.24) is 30.5 Å². The van der Waals surface area contributed by atoms with Gasteiger partial charge >= 0.3 is 0 Å². The molecule has 8 heteroatoms. The quantitative estimate of drug-likeness (QED) is 0.794. The first-order chi connectivity index (χ1) is 10.6. The number of rotatable bonds is 4. The fraction of sp³-hybridized carbons (Fsp3) is 0.214. The summed E-state index contributed by atoms with van der Waals surface area (Å²) in [6, 6.07) is 9.57. The van der Waals surface area contributed by atoms with E-state index in [2.05, 4.69) is 25.8 Å². The Kier molecular flexibility index (Phi) is 3.92. The maximum atomic E-state index is 12.0. The first-order valence-electron chi connectivity index (χ1n) is 6.69. The van der Waals surface area contributed by atoms with Crippen LogP contribution in [-0.2, 0) is 7.05 Å². The highest BCUT2D eigenvalue weighted by Crippen LogP contribution is 2.26. The van der Waals surface area contributed by atoms with Gasteiger partial charge in [-0.2, -0.15) is 0 Å². The number of hydrogen-bond donors (Lipinski definition) is 1. The zero-order chi connectivity index (χ0) is 15.5. The van der Waals surface area contributed by atoms with Crippen LogP contribution in [0.3, 0.4) is 0 Å². The number of hydrogen-bond acceptors (Lipinski definition) is 6. The Hall–Kier alpha value is -2.61. The Balaban J connectivity index is 1.72. The maximum absolute atomic E-state index is 12.0. The second-order valence-electron chi connectivity index (χ2n) is 4.78. The lowest BCUT2D eigenvalue weighted by molar-refractivity contribution is 0.0934. The van der Waals surface area contributed by atoms with E-state index in [1.165, 1.54) is 16.0 Å². The molecule has 3 aromatic rings. The summed E-state index contributed by atoms with van der Waals surface area (Å²) in [7, 11) is 1.71. The number of carbonyl (C=O) groups excluding carboxylic acids is 1. The number of aromatic nitrogens is 5. The van der Waals surface area contributed by atoms with Gasteiger partial charge in [0, 0.05) is 12.6 Å². The van der Waals surface area contributed by atoms with Gasteiger partial charge in [0.05, 0.1) is 12.2 Å². The molecule has 0 aliphatic carbocycles. The summed E-state index contributed by atoms with van der Waals surface area (Å²) < 4.78 is 1.48. The zero-order valence-corrected chi connectivity index (χ0v) is 12.9. The average molecular weight is 314 g/mol. The van der Waals surface area contributed by atoms with Crippen molar-refractivity contribution in [3.63, 3.8) is 0 Å². The van der Waals surface area contributed by atoms with Crippen molar-refractivity contribution >= 4 is 17.2 Å². The van der Waals surface area contributed by atoms with Crippen molar-refractivity contribution in [2.45, 2.75) is 13.0 Å². The third kappa shape index (κ3) is 3.01. The second-order valence-corrected chi connectivity index (χ2v) is 5.79. The topological polar surface area (TPSA) is 85.6 Å². The molecule has 0 bridgehead atoms. The molecule has 1 amide bonds. The smallest absolute Gasteiger partial charge is 0.274 e. The van der Waals surface area contributed by atoms with E-state index >= 15 is 0 Å². The highest BCUT2D eigenvalue weighted by molar-refractivity contribution is 7.14. The Labute approximate surface area is 131 Å². The predicted octanol–water partition coefficient (Wildman–Crippen LogP) is 1.82. The minimum absolute atomic E-state index is 0.246. The molecule has 1 N–H and O–H groups in total. The van der Waals surface area contributed by atoms with E-state index in [4.69, 9.17) is 0 Å². The van der Waals surface area contributed by atoms with E-state index in [0.717, 1.165) is 15.6 Å². The van der Waals surface area contributed by atoms with Crippen LogP contribution in [0, 0.1) is 0 Å². The predicted molar refractivity (Wildman–Crippen MR) is 82.2 cm³/mol. The summed E-state index contributed by atoms with van der Waals surface area (Å²) in [4.78, 5) is 12.0. The number of amides is 1. The van der Waals surface area contributed by atoms with Crippen LogP contribution in [0.15, 0.2) is 36.5 Å². The summed E-state index contributed by atoms with van der Waals surface area (Å²) in [6.45, 7) is 1.86. The highest BCUT2D eigenvalue weighted by Gasteiger charge is 2.18. The highest BCUT2D eigenvalue weighted by atomic mass is 32.1. The minimum Gasteiger partial charge on any atom is -0.342 e.